The maximum absolute atomic E-state index is 10.6. The lowest BCUT2D eigenvalue weighted by Crippen LogP contribution is -1.92. The van der Waals surface area contributed by atoms with Gasteiger partial charge in [0.2, 0.25) is 0 Å². The first-order valence-corrected chi connectivity index (χ1v) is 6.13. The number of furan rings is 1. The van der Waals surface area contributed by atoms with Crippen molar-refractivity contribution in [1.29, 1.82) is 0 Å². The second-order valence-electron chi connectivity index (χ2n) is 3.84. The average molecular weight is 228 g/mol. The van der Waals surface area contributed by atoms with Crippen LogP contribution in [0.1, 0.15) is 36.4 Å². The Hall–Kier alpha value is -0.900. The van der Waals surface area contributed by atoms with E-state index < -0.39 is 5.97 Å². The van der Waals surface area contributed by atoms with Gasteiger partial charge in [-0.25, -0.2) is 4.79 Å². The van der Waals surface area contributed by atoms with Crippen molar-refractivity contribution in [2.45, 2.75) is 26.0 Å². The second-order valence-corrected chi connectivity index (χ2v) is 4.95. The molecule has 1 aromatic heterocycles. The molecule has 0 saturated carbocycles. The minimum atomic E-state index is -0.933. The minimum Gasteiger partial charge on any atom is -0.478 e. The molecule has 3 nitrogen and oxygen atoms in total. The number of hydrogen-bond donors (Lipinski definition) is 1. The molecule has 4 heteroatoms. The van der Waals surface area contributed by atoms with Crippen LogP contribution in [0.25, 0.3) is 0 Å². The first-order valence-electron chi connectivity index (χ1n) is 4.98. The molecule has 0 amide bonds. The van der Waals surface area contributed by atoms with E-state index in [1.165, 1.54) is 12.7 Å². The number of carboxylic acids is 1. The van der Waals surface area contributed by atoms with Crippen molar-refractivity contribution in [3.05, 3.63) is 23.7 Å². The van der Waals surface area contributed by atoms with Crippen LogP contribution < -0.4 is 0 Å². The summed E-state index contributed by atoms with van der Waals surface area (Å²) in [6.07, 6.45) is 2.47. The number of carbonyl (C=O) groups is 1. The van der Waals surface area contributed by atoms with E-state index in [0.717, 1.165) is 17.3 Å². The van der Waals surface area contributed by atoms with Gasteiger partial charge in [0.25, 0.3) is 0 Å². The Morgan fingerprint density at radius 1 is 1.60 bits per heavy atom. The highest BCUT2D eigenvalue weighted by atomic mass is 32.2. The van der Waals surface area contributed by atoms with Gasteiger partial charge in [0.1, 0.15) is 12.0 Å². The topological polar surface area (TPSA) is 50.4 Å². The van der Waals surface area contributed by atoms with Crippen molar-refractivity contribution in [2.75, 3.05) is 5.75 Å². The molecule has 0 atom stereocenters. The van der Waals surface area contributed by atoms with Gasteiger partial charge in [-0.05, 0) is 24.2 Å². The molecule has 0 saturated heterocycles. The van der Waals surface area contributed by atoms with Crippen LogP contribution in [0, 0.1) is 5.92 Å². The van der Waals surface area contributed by atoms with Crippen molar-refractivity contribution >= 4 is 17.7 Å². The van der Waals surface area contributed by atoms with E-state index in [0.29, 0.717) is 5.92 Å². The van der Waals surface area contributed by atoms with Crippen LogP contribution in [0.5, 0.6) is 0 Å². The molecule has 0 aliphatic carbocycles. The highest BCUT2D eigenvalue weighted by Crippen LogP contribution is 2.17. The molecular weight excluding hydrogens is 212 g/mol. The van der Waals surface area contributed by atoms with E-state index in [4.69, 9.17) is 9.52 Å². The van der Waals surface area contributed by atoms with Crippen LogP contribution in [0.3, 0.4) is 0 Å². The Labute approximate surface area is 93.9 Å². The van der Waals surface area contributed by atoms with Crippen LogP contribution in [-0.2, 0) is 5.75 Å². The van der Waals surface area contributed by atoms with Gasteiger partial charge in [0, 0.05) is 0 Å². The van der Waals surface area contributed by atoms with Gasteiger partial charge < -0.3 is 9.52 Å². The van der Waals surface area contributed by atoms with E-state index in [9.17, 15) is 4.79 Å². The van der Waals surface area contributed by atoms with Crippen molar-refractivity contribution < 1.29 is 14.3 Å². The quantitative estimate of drug-likeness (QED) is 0.759. The van der Waals surface area contributed by atoms with Crippen LogP contribution in [0.2, 0.25) is 0 Å². The zero-order valence-corrected chi connectivity index (χ0v) is 9.84. The SMILES string of the molecule is CC(C)CCSCc1cc(C(=O)O)co1. The minimum absolute atomic E-state index is 0.231. The van der Waals surface area contributed by atoms with Crippen molar-refractivity contribution in [3.8, 4) is 0 Å². The third-order valence-electron chi connectivity index (χ3n) is 1.98. The summed E-state index contributed by atoms with van der Waals surface area (Å²) in [5.41, 5.74) is 0.231. The summed E-state index contributed by atoms with van der Waals surface area (Å²) >= 11 is 1.77. The van der Waals surface area contributed by atoms with Crippen LogP contribution >= 0.6 is 11.8 Å². The Bertz CT molecular complexity index is 317. The average Bonchev–Trinajstić information content (AvgIpc) is 2.60. The molecule has 1 aromatic rings. The van der Waals surface area contributed by atoms with E-state index >= 15 is 0 Å². The van der Waals surface area contributed by atoms with Crippen molar-refractivity contribution in [2.24, 2.45) is 5.92 Å². The highest BCUT2D eigenvalue weighted by molar-refractivity contribution is 7.98. The first kappa shape index (κ1) is 12.2. The van der Waals surface area contributed by atoms with E-state index in [-0.39, 0.29) is 5.56 Å². The Morgan fingerprint density at radius 3 is 2.87 bits per heavy atom. The number of aromatic carboxylic acids is 1. The van der Waals surface area contributed by atoms with Crippen LogP contribution in [0.4, 0.5) is 0 Å². The fraction of sp³-hybridized carbons (Fsp3) is 0.545. The largest absolute Gasteiger partial charge is 0.478 e. The molecule has 1 N–H and O–H groups in total. The molecule has 1 rings (SSSR count). The second kappa shape index (κ2) is 5.85. The predicted molar refractivity (Wildman–Crippen MR) is 61.3 cm³/mol. The summed E-state index contributed by atoms with van der Waals surface area (Å²) in [5, 5.41) is 8.68. The summed E-state index contributed by atoms with van der Waals surface area (Å²) in [6, 6.07) is 1.59. The Morgan fingerprint density at radius 2 is 2.33 bits per heavy atom. The fourth-order valence-electron chi connectivity index (χ4n) is 1.06. The lowest BCUT2D eigenvalue weighted by atomic mass is 10.2. The maximum atomic E-state index is 10.6. The summed E-state index contributed by atoms with van der Waals surface area (Å²) in [7, 11) is 0. The van der Waals surface area contributed by atoms with Gasteiger partial charge in [-0.2, -0.15) is 11.8 Å². The third-order valence-corrected chi connectivity index (χ3v) is 3.00. The molecule has 0 aliphatic rings. The normalized spacial score (nSPS) is 10.9. The number of hydrogen-bond acceptors (Lipinski definition) is 3. The first-order chi connectivity index (χ1) is 7.09. The van der Waals surface area contributed by atoms with Crippen molar-refractivity contribution in [1.82, 2.24) is 0 Å². The van der Waals surface area contributed by atoms with Gasteiger partial charge in [-0.15, -0.1) is 0 Å². The van der Waals surface area contributed by atoms with E-state index in [1.807, 2.05) is 0 Å². The Balaban J connectivity index is 2.29. The number of rotatable bonds is 6. The molecule has 0 fully saturated rings. The van der Waals surface area contributed by atoms with Crippen LogP contribution in [-0.4, -0.2) is 16.8 Å². The van der Waals surface area contributed by atoms with Crippen LogP contribution in [0.15, 0.2) is 16.7 Å². The third kappa shape index (κ3) is 4.42. The number of carboxylic acid groups (broad SMARTS) is 1. The predicted octanol–water partition coefficient (Wildman–Crippen LogP) is 3.26. The summed E-state index contributed by atoms with van der Waals surface area (Å²) in [5.74, 6) is 2.35. The lowest BCUT2D eigenvalue weighted by Gasteiger charge is -2.02. The monoisotopic (exact) mass is 228 g/mol. The van der Waals surface area contributed by atoms with Gasteiger partial charge in [0.05, 0.1) is 11.3 Å². The lowest BCUT2D eigenvalue weighted by molar-refractivity contribution is 0.0696. The molecule has 0 spiro atoms. The molecule has 1 heterocycles. The maximum Gasteiger partial charge on any atom is 0.338 e. The van der Waals surface area contributed by atoms with Gasteiger partial charge in [0.15, 0.2) is 0 Å². The van der Waals surface area contributed by atoms with E-state index in [2.05, 4.69) is 13.8 Å². The molecule has 0 radical (unpaired) electrons. The molecule has 0 unspecified atom stereocenters. The Kier molecular flexibility index (Phi) is 4.75. The molecule has 84 valence electrons. The summed E-state index contributed by atoms with van der Waals surface area (Å²) in [4.78, 5) is 10.6. The smallest absolute Gasteiger partial charge is 0.338 e. The number of thioether (sulfide) groups is 1. The van der Waals surface area contributed by atoms with Gasteiger partial charge in [-0.3, -0.25) is 0 Å². The molecule has 0 bridgehead atoms. The zero-order valence-electron chi connectivity index (χ0n) is 9.03. The highest BCUT2D eigenvalue weighted by Gasteiger charge is 2.07. The zero-order chi connectivity index (χ0) is 11.3. The fourth-order valence-corrected chi connectivity index (χ4v) is 2.20. The summed E-state index contributed by atoms with van der Waals surface area (Å²) in [6.45, 7) is 4.38. The molecule has 0 aromatic carbocycles. The molecular formula is C11H16O3S. The van der Waals surface area contributed by atoms with Gasteiger partial charge >= 0.3 is 5.97 Å². The van der Waals surface area contributed by atoms with Crippen molar-refractivity contribution in [3.63, 3.8) is 0 Å². The molecule has 0 aliphatic heterocycles. The van der Waals surface area contributed by atoms with Gasteiger partial charge in [-0.1, -0.05) is 13.8 Å². The van der Waals surface area contributed by atoms with E-state index in [1.54, 1.807) is 17.8 Å². The summed E-state index contributed by atoms with van der Waals surface area (Å²) < 4.78 is 5.13. The standard InChI is InChI=1S/C11H16O3S/c1-8(2)3-4-15-7-10-5-9(6-14-10)11(12)13/h5-6,8H,3-4,7H2,1-2H3,(H,12,13). The molecule has 15 heavy (non-hydrogen) atoms.